The summed E-state index contributed by atoms with van der Waals surface area (Å²) in [7, 11) is 0. The van der Waals surface area contributed by atoms with Crippen molar-refractivity contribution >= 4 is 28.2 Å². The third-order valence-corrected chi connectivity index (χ3v) is 4.13. The molecule has 1 saturated heterocycles. The van der Waals surface area contributed by atoms with Crippen molar-refractivity contribution in [1.29, 1.82) is 0 Å². The van der Waals surface area contributed by atoms with E-state index in [9.17, 15) is 14.7 Å². The fourth-order valence-electron chi connectivity index (χ4n) is 1.96. The molecule has 0 aromatic carbocycles. The molecule has 2 rings (SSSR count). The van der Waals surface area contributed by atoms with E-state index in [1.807, 2.05) is 0 Å². The molecular formula is C13H18N2O4S. The zero-order valence-electron chi connectivity index (χ0n) is 11.3. The number of aliphatic hydroxyl groups is 1. The Morgan fingerprint density at radius 1 is 1.40 bits per heavy atom. The predicted octanol–water partition coefficient (Wildman–Crippen LogP) is 0.978. The Morgan fingerprint density at radius 3 is 2.75 bits per heavy atom. The molecule has 1 aromatic heterocycles. The molecule has 1 fully saturated rings. The van der Waals surface area contributed by atoms with Gasteiger partial charge in [-0.05, 0) is 12.1 Å². The van der Waals surface area contributed by atoms with E-state index in [1.54, 1.807) is 12.1 Å². The minimum Gasteiger partial charge on any atom is -0.388 e. The number of amides is 2. The average molecular weight is 298 g/mol. The monoisotopic (exact) mass is 298 g/mol. The van der Waals surface area contributed by atoms with Crippen LogP contribution >= 0.6 is 11.3 Å². The first-order valence-corrected chi connectivity index (χ1v) is 7.26. The molecule has 20 heavy (non-hydrogen) atoms. The molecule has 1 aromatic rings. The van der Waals surface area contributed by atoms with E-state index in [2.05, 4.69) is 10.6 Å². The van der Waals surface area contributed by atoms with Crippen LogP contribution in [-0.2, 0) is 9.53 Å². The Labute approximate surface area is 121 Å². The standard InChI is InChI=1S/C13H18N2O4S/c1-9(16)15-11-3-2-10(20-11)12(17)14-8-13(18)4-6-19-7-5-13/h2-3,18H,4-8H2,1H3,(H,14,17)(H,15,16). The number of hydrogen-bond acceptors (Lipinski definition) is 5. The topological polar surface area (TPSA) is 87.7 Å². The SMILES string of the molecule is CC(=O)Nc1ccc(C(=O)NCC2(O)CCOCC2)s1. The lowest BCUT2D eigenvalue weighted by Gasteiger charge is -2.31. The van der Waals surface area contributed by atoms with Crippen LogP contribution in [-0.4, -0.2) is 42.3 Å². The highest BCUT2D eigenvalue weighted by Crippen LogP contribution is 2.23. The number of rotatable bonds is 4. The maximum atomic E-state index is 12.0. The van der Waals surface area contributed by atoms with Crippen molar-refractivity contribution in [3.05, 3.63) is 17.0 Å². The molecule has 7 heteroatoms. The van der Waals surface area contributed by atoms with E-state index < -0.39 is 5.60 Å². The molecule has 6 nitrogen and oxygen atoms in total. The summed E-state index contributed by atoms with van der Waals surface area (Å²) in [6, 6.07) is 3.34. The van der Waals surface area contributed by atoms with E-state index in [4.69, 9.17) is 4.74 Å². The van der Waals surface area contributed by atoms with Gasteiger partial charge in [0.25, 0.3) is 5.91 Å². The van der Waals surface area contributed by atoms with Gasteiger partial charge in [0.15, 0.2) is 0 Å². The summed E-state index contributed by atoms with van der Waals surface area (Å²) in [4.78, 5) is 23.4. The molecule has 0 bridgehead atoms. The Balaban J connectivity index is 1.88. The van der Waals surface area contributed by atoms with Crippen LogP contribution in [0, 0.1) is 0 Å². The molecule has 110 valence electrons. The molecule has 2 amide bonds. The molecule has 2 heterocycles. The first-order valence-electron chi connectivity index (χ1n) is 6.44. The van der Waals surface area contributed by atoms with Crippen LogP contribution in [0.25, 0.3) is 0 Å². The van der Waals surface area contributed by atoms with Crippen LogP contribution in [0.15, 0.2) is 12.1 Å². The van der Waals surface area contributed by atoms with Crippen LogP contribution in [0.1, 0.15) is 29.4 Å². The van der Waals surface area contributed by atoms with Gasteiger partial charge in [0.2, 0.25) is 5.91 Å². The Morgan fingerprint density at radius 2 is 2.10 bits per heavy atom. The van der Waals surface area contributed by atoms with Crippen molar-refractivity contribution in [2.24, 2.45) is 0 Å². The van der Waals surface area contributed by atoms with Crippen LogP contribution in [0.2, 0.25) is 0 Å². The van der Waals surface area contributed by atoms with Crippen molar-refractivity contribution in [2.45, 2.75) is 25.4 Å². The van der Waals surface area contributed by atoms with Gasteiger partial charge in [0.05, 0.1) is 15.5 Å². The van der Waals surface area contributed by atoms with E-state index in [0.29, 0.717) is 35.9 Å². The highest BCUT2D eigenvalue weighted by Gasteiger charge is 2.30. The molecule has 0 radical (unpaired) electrons. The molecule has 0 aliphatic carbocycles. The molecule has 0 saturated carbocycles. The summed E-state index contributed by atoms with van der Waals surface area (Å²) in [6.07, 6.45) is 1.05. The Hall–Kier alpha value is -1.44. The Kier molecular flexibility index (Phi) is 4.74. The summed E-state index contributed by atoms with van der Waals surface area (Å²) in [5, 5.41) is 16.2. The van der Waals surface area contributed by atoms with Crippen molar-refractivity contribution in [3.8, 4) is 0 Å². The molecule has 0 unspecified atom stereocenters. The second-order valence-electron chi connectivity index (χ2n) is 4.86. The Bertz CT molecular complexity index is 494. The smallest absolute Gasteiger partial charge is 0.261 e. The second kappa shape index (κ2) is 6.34. The number of nitrogens with one attached hydrogen (secondary N) is 2. The van der Waals surface area contributed by atoms with Gasteiger partial charge in [0.1, 0.15) is 0 Å². The van der Waals surface area contributed by atoms with Gasteiger partial charge in [-0.25, -0.2) is 0 Å². The quantitative estimate of drug-likeness (QED) is 0.773. The lowest BCUT2D eigenvalue weighted by atomic mass is 9.94. The summed E-state index contributed by atoms with van der Waals surface area (Å²) in [5.41, 5.74) is -0.883. The zero-order chi connectivity index (χ0) is 14.6. The van der Waals surface area contributed by atoms with Crippen LogP contribution in [0.5, 0.6) is 0 Å². The minimum absolute atomic E-state index is 0.171. The molecule has 0 atom stereocenters. The highest BCUT2D eigenvalue weighted by molar-refractivity contribution is 7.18. The van der Waals surface area contributed by atoms with Gasteiger partial charge in [-0.1, -0.05) is 0 Å². The highest BCUT2D eigenvalue weighted by atomic mass is 32.1. The molecule has 1 aliphatic rings. The first-order chi connectivity index (χ1) is 9.48. The van der Waals surface area contributed by atoms with E-state index in [0.717, 1.165) is 0 Å². The number of ether oxygens (including phenoxy) is 1. The third kappa shape index (κ3) is 4.03. The molecular weight excluding hydrogens is 280 g/mol. The maximum absolute atomic E-state index is 12.0. The van der Waals surface area contributed by atoms with Crippen molar-refractivity contribution in [1.82, 2.24) is 5.32 Å². The fourth-order valence-corrected chi connectivity index (χ4v) is 2.83. The number of thiophene rings is 1. The number of anilines is 1. The minimum atomic E-state index is -0.883. The number of carbonyl (C=O) groups is 2. The summed E-state index contributed by atoms with van der Waals surface area (Å²) < 4.78 is 5.19. The zero-order valence-corrected chi connectivity index (χ0v) is 12.1. The predicted molar refractivity (Wildman–Crippen MR) is 76.0 cm³/mol. The van der Waals surface area contributed by atoms with Crippen molar-refractivity contribution in [3.63, 3.8) is 0 Å². The molecule has 0 spiro atoms. The van der Waals surface area contributed by atoms with Gasteiger partial charge in [-0.15, -0.1) is 11.3 Å². The van der Waals surface area contributed by atoms with Gasteiger partial charge in [-0.2, -0.15) is 0 Å². The van der Waals surface area contributed by atoms with Crippen LogP contribution in [0.3, 0.4) is 0 Å². The van der Waals surface area contributed by atoms with E-state index >= 15 is 0 Å². The van der Waals surface area contributed by atoms with Crippen molar-refractivity contribution in [2.75, 3.05) is 25.1 Å². The molecule has 1 aliphatic heterocycles. The second-order valence-corrected chi connectivity index (χ2v) is 5.95. The van der Waals surface area contributed by atoms with E-state index in [1.165, 1.54) is 18.3 Å². The van der Waals surface area contributed by atoms with Gasteiger partial charge in [-0.3, -0.25) is 9.59 Å². The largest absolute Gasteiger partial charge is 0.388 e. The third-order valence-electron chi connectivity index (χ3n) is 3.13. The van der Waals surface area contributed by atoms with Crippen LogP contribution in [0.4, 0.5) is 5.00 Å². The van der Waals surface area contributed by atoms with Crippen LogP contribution < -0.4 is 10.6 Å². The average Bonchev–Trinajstić information content (AvgIpc) is 2.85. The van der Waals surface area contributed by atoms with Gasteiger partial charge < -0.3 is 20.5 Å². The maximum Gasteiger partial charge on any atom is 0.261 e. The lowest BCUT2D eigenvalue weighted by Crippen LogP contribution is -2.46. The summed E-state index contributed by atoms with van der Waals surface area (Å²) >= 11 is 1.20. The van der Waals surface area contributed by atoms with Gasteiger partial charge in [0, 0.05) is 39.5 Å². The normalized spacial score (nSPS) is 17.5. The first kappa shape index (κ1) is 15.0. The molecule has 3 N–H and O–H groups in total. The van der Waals surface area contributed by atoms with E-state index in [-0.39, 0.29) is 18.4 Å². The number of carbonyl (C=O) groups excluding carboxylic acids is 2. The summed E-state index contributed by atoms with van der Waals surface area (Å²) in [5.74, 6) is -0.415. The summed E-state index contributed by atoms with van der Waals surface area (Å²) in [6.45, 7) is 2.65. The van der Waals surface area contributed by atoms with Gasteiger partial charge >= 0.3 is 0 Å². The fraction of sp³-hybridized carbons (Fsp3) is 0.538. The van der Waals surface area contributed by atoms with Crippen molar-refractivity contribution < 1.29 is 19.4 Å². The number of hydrogen-bond donors (Lipinski definition) is 3. The lowest BCUT2D eigenvalue weighted by molar-refractivity contribution is -0.114.